The van der Waals surface area contributed by atoms with Crippen molar-refractivity contribution in [2.24, 2.45) is 0 Å². The Morgan fingerprint density at radius 1 is 1.53 bits per heavy atom. The van der Waals surface area contributed by atoms with Crippen LogP contribution in [-0.4, -0.2) is 55.3 Å². The number of morpholine rings is 1. The third kappa shape index (κ3) is 4.74. The molecular formula is C12H17ClN2O3S. The molecule has 0 saturated carbocycles. The summed E-state index contributed by atoms with van der Waals surface area (Å²) >= 11 is 7.12. The van der Waals surface area contributed by atoms with E-state index in [2.05, 4.69) is 5.32 Å². The summed E-state index contributed by atoms with van der Waals surface area (Å²) in [5.41, 5.74) is 0. The molecule has 1 atom stereocenters. The van der Waals surface area contributed by atoms with Crippen LogP contribution >= 0.6 is 22.9 Å². The van der Waals surface area contributed by atoms with Crippen molar-refractivity contribution in [1.29, 1.82) is 0 Å². The van der Waals surface area contributed by atoms with Gasteiger partial charge in [0, 0.05) is 24.5 Å². The standard InChI is InChI=1S/C12H17ClN2O3S/c13-11-2-1-10(19-11)9(16)7-14-12(17)8-15-3-5-18-6-4-15/h1-2,9,16H,3-8H2,(H,14,17). The second-order valence-electron chi connectivity index (χ2n) is 4.35. The Bertz CT molecular complexity index is 421. The Balaban J connectivity index is 1.70. The minimum absolute atomic E-state index is 0.0800. The highest BCUT2D eigenvalue weighted by Crippen LogP contribution is 2.26. The first-order chi connectivity index (χ1) is 9.15. The average Bonchev–Trinajstić information content (AvgIpc) is 2.84. The molecule has 0 radical (unpaired) electrons. The van der Waals surface area contributed by atoms with Gasteiger partial charge in [0.15, 0.2) is 0 Å². The molecule has 1 aliphatic rings. The van der Waals surface area contributed by atoms with Crippen molar-refractivity contribution >= 4 is 28.8 Å². The normalized spacial score (nSPS) is 18.2. The molecule has 2 rings (SSSR count). The van der Waals surface area contributed by atoms with Crippen LogP contribution < -0.4 is 5.32 Å². The molecule has 19 heavy (non-hydrogen) atoms. The van der Waals surface area contributed by atoms with E-state index in [4.69, 9.17) is 16.3 Å². The number of carbonyl (C=O) groups excluding carboxylic acids is 1. The molecule has 0 spiro atoms. The monoisotopic (exact) mass is 304 g/mol. The van der Waals surface area contributed by atoms with Gasteiger partial charge in [0.25, 0.3) is 0 Å². The lowest BCUT2D eigenvalue weighted by atomic mass is 10.3. The molecule has 0 aromatic carbocycles. The zero-order valence-electron chi connectivity index (χ0n) is 10.5. The molecule has 0 aliphatic carbocycles. The molecular weight excluding hydrogens is 288 g/mol. The van der Waals surface area contributed by atoms with Crippen LogP contribution in [0.2, 0.25) is 4.34 Å². The Morgan fingerprint density at radius 3 is 2.89 bits per heavy atom. The Morgan fingerprint density at radius 2 is 2.26 bits per heavy atom. The van der Waals surface area contributed by atoms with Crippen molar-refractivity contribution in [1.82, 2.24) is 10.2 Å². The summed E-state index contributed by atoms with van der Waals surface area (Å²) in [5, 5.41) is 12.6. The highest BCUT2D eigenvalue weighted by molar-refractivity contribution is 7.16. The van der Waals surface area contributed by atoms with Crippen LogP contribution in [0.15, 0.2) is 12.1 Å². The number of aliphatic hydroxyl groups is 1. The number of hydrogen-bond donors (Lipinski definition) is 2. The van der Waals surface area contributed by atoms with Crippen molar-refractivity contribution in [2.45, 2.75) is 6.10 Å². The minimum Gasteiger partial charge on any atom is -0.386 e. The van der Waals surface area contributed by atoms with Crippen LogP contribution in [0.5, 0.6) is 0 Å². The molecule has 1 aromatic rings. The molecule has 1 fully saturated rings. The molecule has 1 saturated heterocycles. The maximum Gasteiger partial charge on any atom is 0.234 e. The smallest absolute Gasteiger partial charge is 0.234 e. The summed E-state index contributed by atoms with van der Waals surface area (Å²) in [4.78, 5) is 14.5. The topological polar surface area (TPSA) is 61.8 Å². The van der Waals surface area contributed by atoms with E-state index >= 15 is 0 Å². The van der Waals surface area contributed by atoms with Gasteiger partial charge in [-0.1, -0.05) is 11.6 Å². The van der Waals surface area contributed by atoms with Gasteiger partial charge >= 0.3 is 0 Å². The second kappa shape index (κ2) is 7.21. The number of nitrogens with one attached hydrogen (secondary N) is 1. The maximum absolute atomic E-state index is 11.7. The van der Waals surface area contributed by atoms with Gasteiger partial charge in [-0.2, -0.15) is 0 Å². The first-order valence-electron chi connectivity index (χ1n) is 6.15. The number of rotatable bonds is 5. The molecule has 7 heteroatoms. The number of ether oxygens (including phenoxy) is 1. The quantitative estimate of drug-likeness (QED) is 0.848. The molecule has 1 unspecified atom stereocenters. The maximum atomic E-state index is 11.7. The Kier molecular flexibility index (Phi) is 5.59. The van der Waals surface area contributed by atoms with Gasteiger partial charge in [0.2, 0.25) is 5.91 Å². The minimum atomic E-state index is -0.703. The van der Waals surface area contributed by atoms with E-state index in [1.54, 1.807) is 12.1 Å². The van der Waals surface area contributed by atoms with E-state index in [0.29, 0.717) is 24.1 Å². The largest absolute Gasteiger partial charge is 0.386 e. The third-order valence-corrected chi connectivity index (χ3v) is 4.22. The molecule has 1 amide bonds. The van der Waals surface area contributed by atoms with Crippen LogP contribution in [0.25, 0.3) is 0 Å². The zero-order valence-corrected chi connectivity index (χ0v) is 12.0. The molecule has 1 aliphatic heterocycles. The summed E-state index contributed by atoms with van der Waals surface area (Å²) in [7, 11) is 0. The van der Waals surface area contributed by atoms with Gasteiger partial charge < -0.3 is 15.2 Å². The molecule has 5 nitrogen and oxygen atoms in total. The lowest BCUT2D eigenvalue weighted by molar-refractivity contribution is -0.123. The fourth-order valence-electron chi connectivity index (χ4n) is 1.84. The van der Waals surface area contributed by atoms with Gasteiger partial charge in [0.1, 0.15) is 6.10 Å². The summed E-state index contributed by atoms with van der Waals surface area (Å²) < 4.78 is 5.85. The van der Waals surface area contributed by atoms with Crippen molar-refractivity contribution in [3.8, 4) is 0 Å². The third-order valence-electron chi connectivity index (χ3n) is 2.89. The summed E-state index contributed by atoms with van der Waals surface area (Å²) in [6.07, 6.45) is -0.703. The van der Waals surface area contributed by atoms with Crippen LogP contribution in [0.3, 0.4) is 0 Å². The van der Waals surface area contributed by atoms with Crippen LogP contribution in [0.4, 0.5) is 0 Å². The highest BCUT2D eigenvalue weighted by Gasteiger charge is 2.16. The highest BCUT2D eigenvalue weighted by atomic mass is 35.5. The number of carbonyl (C=O) groups is 1. The fraction of sp³-hybridized carbons (Fsp3) is 0.583. The Hall–Kier alpha value is -0.660. The van der Waals surface area contributed by atoms with E-state index in [1.807, 2.05) is 4.90 Å². The lowest BCUT2D eigenvalue weighted by Gasteiger charge is -2.25. The van der Waals surface area contributed by atoms with Gasteiger partial charge in [-0.3, -0.25) is 9.69 Å². The SMILES string of the molecule is O=C(CN1CCOCC1)NCC(O)c1ccc(Cl)s1. The van der Waals surface area contributed by atoms with E-state index in [1.165, 1.54) is 11.3 Å². The fourth-order valence-corrected chi connectivity index (χ4v) is 2.88. The summed E-state index contributed by atoms with van der Waals surface area (Å²) in [6, 6.07) is 3.51. The van der Waals surface area contributed by atoms with Gasteiger partial charge in [-0.25, -0.2) is 0 Å². The van der Waals surface area contributed by atoms with Crippen LogP contribution in [0, 0.1) is 0 Å². The first kappa shape index (κ1) is 14.7. The van der Waals surface area contributed by atoms with Gasteiger partial charge in [-0.15, -0.1) is 11.3 Å². The van der Waals surface area contributed by atoms with Crippen molar-refractivity contribution < 1.29 is 14.6 Å². The zero-order chi connectivity index (χ0) is 13.7. The van der Waals surface area contributed by atoms with E-state index in [9.17, 15) is 9.90 Å². The molecule has 1 aromatic heterocycles. The summed E-state index contributed by atoms with van der Waals surface area (Å²) in [6.45, 7) is 3.45. The van der Waals surface area contributed by atoms with Crippen molar-refractivity contribution in [3.05, 3.63) is 21.3 Å². The number of hydrogen-bond acceptors (Lipinski definition) is 5. The lowest BCUT2D eigenvalue weighted by Crippen LogP contribution is -2.43. The van der Waals surface area contributed by atoms with Crippen LogP contribution in [0.1, 0.15) is 11.0 Å². The number of aliphatic hydroxyl groups excluding tert-OH is 1. The van der Waals surface area contributed by atoms with Gasteiger partial charge in [-0.05, 0) is 12.1 Å². The molecule has 2 heterocycles. The molecule has 2 N–H and O–H groups in total. The Labute approximate surface area is 121 Å². The van der Waals surface area contributed by atoms with E-state index in [0.717, 1.165) is 18.0 Å². The van der Waals surface area contributed by atoms with Crippen molar-refractivity contribution in [2.75, 3.05) is 39.4 Å². The number of halogens is 1. The predicted molar refractivity (Wildman–Crippen MR) is 74.6 cm³/mol. The van der Waals surface area contributed by atoms with E-state index in [-0.39, 0.29) is 12.5 Å². The van der Waals surface area contributed by atoms with Gasteiger partial charge in [0.05, 0.1) is 24.1 Å². The molecule has 0 bridgehead atoms. The molecule has 106 valence electrons. The number of nitrogens with zero attached hydrogens (tertiary/aromatic N) is 1. The summed E-state index contributed by atoms with van der Waals surface area (Å²) in [5.74, 6) is -0.0800. The number of thiophene rings is 1. The van der Waals surface area contributed by atoms with Crippen molar-refractivity contribution in [3.63, 3.8) is 0 Å². The second-order valence-corrected chi connectivity index (χ2v) is 6.10. The number of amides is 1. The first-order valence-corrected chi connectivity index (χ1v) is 7.34. The average molecular weight is 305 g/mol. The van der Waals surface area contributed by atoms with Crippen LogP contribution in [-0.2, 0) is 9.53 Å². The predicted octanol–water partition coefficient (Wildman–Crippen LogP) is 0.883. The van der Waals surface area contributed by atoms with E-state index < -0.39 is 6.10 Å².